The SMILES string of the molecule is Nc1cccc(CN2CCN(C(=O)Cc3ccc(Cl)cc3)CC2)c1. The van der Waals surface area contributed by atoms with Crippen LogP contribution in [-0.2, 0) is 17.8 Å². The van der Waals surface area contributed by atoms with Crippen molar-refractivity contribution in [2.45, 2.75) is 13.0 Å². The number of nitrogens with two attached hydrogens (primary N) is 1. The van der Waals surface area contributed by atoms with Gasteiger partial charge in [0.05, 0.1) is 6.42 Å². The summed E-state index contributed by atoms with van der Waals surface area (Å²) in [5.74, 6) is 0.181. The molecular weight excluding hydrogens is 322 g/mol. The van der Waals surface area contributed by atoms with E-state index in [-0.39, 0.29) is 5.91 Å². The smallest absolute Gasteiger partial charge is 0.227 e. The maximum Gasteiger partial charge on any atom is 0.227 e. The number of nitrogen functional groups attached to an aromatic ring is 1. The highest BCUT2D eigenvalue weighted by molar-refractivity contribution is 6.30. The molecule has 0 saturated carbocycles. The molecule has 24 heavy (non-hydrogen) atoms. The van der Waals surface area contributed by atoms with Crippen molar-refractivity contribution in [3.8, 4) is 0 Å². The fraction of sp³-hybridized carbons (Fsp3) is 0.316. The van der Waals surface area contributed by atoms with E-state index in [0.717, 1.165) is 44.0 Å². The predicted molar refractivity (Wildman–Crippen MR) is 97.9 cm³/mol. The summed E-state index contributed by atoms with van der Waals surface area (Å²) in [6.45, 7) is 4.20. The lowest BCUT2D eigenvalue weighted by Crippen LogP contribution is -2.48. The van der Waals surface area contributed by atoms with Crippen LogP contribution in [0.15, 0.2) is 48.5 Å². The number of rotatable bonds is 4. The minimum atomic E-state index is 0.181. The van der Waals surface area contributed by atoms with Gasteiger partial charge in [0.2, 0.25) is 5.91 Å². The first kappa shape index (κ1) is 16.8. The summed E-state index contributed by atoms with van der Waals surface area (Å²) in [5.41, 5.74) is 8.85. The van der Waals surface area contributed by atoms with Crippen LogP contribution in [0.5, 0.6) is 0 Å². The third-order valence-electron chi connectivity index (χ3n) is 4.35. The highest BCUT2D eigenvalue weighted by Crippen LogP contribution is 2.14. The first-order chi connectivity index (χ1) is 11.6. The van der Waals surface area contributed by atoms with Gasteiger partial charge in [-0.2, -0.15) is 0 Å². The molecule has 1 amide bonds. The van der Waals surface area contributed by atoms with Crippen molar-refractivity contribution in [2.75, 3.05) is 31.9 Å². The summed E-state index contributed by atoms with van der Waals surface area (Å²) in [5, 5.41) is 0.696. The van der Waals surface area contributed by atoms with Gasteiger partial charge in [0.25, 0.3) is 0 Å². The molecule has 1 fully saturated rings. The Hall–Kier alpha value is -2.04. The summed E-state index contributed by atoms with van der Waals surface area (Å²) < 4.78 is 0. The molecule has 0 spiro atoms. The van der Waals surface area contributed by atoms with Crippen LogP contribution in [0.3, 0.4) is 0 Å². The minimum Gasteiger partial charge on any atom is -0.399 e. The molecule has 3 rings (SSSR count). The molecule has 4 nitrogen and oxygen atoms in total. The molecule has 0 atom stereocenters. The number of hydrogen-bond acceptors (Lipinski definition) is 3. The van der Waals surface area contributed by atoms with Crippen LogP contribution in [0.2, 0.25) is 5.02 Å². The number of hydrogen-bond donors (Lipinski definition) is 1. The zero-order valence-corrected chi connectivity index (χ0v) is 14.4. The average Bonchev–Trinajstić information content (AvgIpc) is 2.57. The lowest BCUT2D eigenvalue weighted by atomic mass is 10.1. The van der Waals surface area contributed by atoms with Gasteiger partial charge >= 0.3 is 0 Å². The quantitative estimate of drug-likeness (QED) is 0.868. The van der Waals surface area contributed by atoms with Crippen LogP contribution in [-0.4, -0.2) is 41.9 Å². The number of carbonyl (C=O) groups is 1. The van der Waals surface area contributed by atoms with Crippen LogP contribution >= 0.6 is 11.6 Å². The van der Waals surface area contributed by atoms with Gasteiger partial charge in [0, 0.05) is 43.4 Å². The van der Waals surface area contributed by atoms with E-state index in [2.05, 4.69) is 11.0 Å². The van der Waals surface area contributed by atoms with Crippen LogP contribution < -0.4 is 5.73 Å². The van der Waals surface area contributed by atoms with E-state index in [0.29, 0.717) is 11.4 Å². The maximum absolute atomic E-state index is 12.4. The number of nitrogens with zero attached hydrogens (tertiary/aromatic N) is 2. The van der Waals surface area contributed by atoms with Gasteiger partial charge in [-0.15, -0.1) is 0 Å². The standard InChI is InChI=1S/C19H22ClN3O/c20-17-6-4-15(5-7-17)13-19(24)23-10-8-22(9-11-23)14-16-2-1-3-18(21)12-16/h1-7,12H,8-11,13-14,21H2. The predicted octanol–water partition coefficient (Wildman–Crippen LogP) is 2.81. The molecule has 1 aliphatic rings. The molecule has 0 unspecified atom stereocenters. The largest absolute Gasteiger partial charge is 0.399 e. The second-order valence-corrected chi connectivity index (χ2v) is 6.64. The Morgan fingerprint density at radius 1 is 1.00 bits per heavy atom. The van der Waals surface area contributed by atoms with Gasteiger partial charge in [0.15, 0.2) is 0 Å². The van der Waals surface area contributed by atoms with Crippen LogP contribution in [0.25, 0.3) is 0 Å². The van der Waals surface area contributed by atoms with E-state index >= 15 is 0 Å². The summed E-state index contributed by atoms with van der Waals surface area (Å²) in [6.07, 6.45) is 0.437. The molecule has 126 valence electrons. The van der Waals surface area contributed by atoms with E-state index in [4.69, 9.17) is 17.3 Å². The fourth-order valence-corrected chi connectivity index (χ4v) is 3.12. The third kappa shape index (κ3) is 4.49. The summed E-state index contributed by atoms with van der Waals surface area (Å²) >= 11 is 5.88. The van der Waals surface area contributed by atoms with Gasteiger partial charge in [0.1, 0.15) is 0 Å². The number of amides is 1. The maximum atomic E-state index is 12.4. The average molecular weight is 344 g/mol. The summed E-state index contributed by atoms with van der Waals surface area (Å²) in [7, 11) is 0. The molecule has 5 heteroatoms. The van der Waals surface area contributed by atoms with Crippen molar-refractivity contribution < 1.29 is 4.79 Å². The summed E-state index contributed by atoms with van der Waals surface area (Å²) in [4.78, 5) is 16.7. The van der Waals surface area contributed by atoms with Crippen molar-refractivity contribution in [1.29, 1.82) is 0 Å². The lowest BCUT2D eigenvalue weighted by Gasteiger charge is -2.35. The third-order valence-corrected chi connectivity index (χ3v) is 4.60. The Labute approximate surface area is 147 Å². The van der Waals surface area contributed by atoms with Gasteiger partial charge in [-0.05, 0) is 35.4 Å². The second kappa shape index (κ2) is 7.69. The van der Waals surface area contributed by atoms with Crippen molar-refractivity contribution in [3.63, 3.8) is 0 Å². The lowest BCUT2D eigenvalue weighted by molar-refractivity contribution is -0.132. The molecule has 0 radical (unpaired) electrons. The Kier molecular flexibility index (Phi) is 5.38. The number of anilines is 1. The summed E-state index contributed by atoms with van der Waals surface area (Å²) in [6, 6.07) is 15.5. The molecule has 2 aromatic carbocycles. The topological polar surface area (TPSA) is 49.6 Å². The zero-order chi connectivity index (χ0) is 16.9. The normalized spacial score (nSPS) is 15.5. The molecule has 2 N–H and O–H groups in total. The van der Waals surface area contributed by atoms with Gasteiger partial charge in [-0.1, -0.05) is 35.9 Å². The van der Waals surface area contributed by atoms with Crippen molar-refractivity contribution in [3.05, 3.63) is 64.7 Å². The molecule has 0 bridgehead atoms. The Balaban J connectivity index is 1.49. The van der Waals surface area contributed by atoms with Gasteiger partial charge < -0.3 is 10.6 Å². The monoisotopic (exact) mass is 343 g/mol. The number of carbonyl (C=O) groups excluding carboxylic acids is 1. The van der Waals surface area contributed by atoms with E-state index < -0.39 is 0 Å². The van der Waals surface area contributed by atoms with Gasteiger partial charge in [-0.25, -0.2) is 0 Å². The first-order valence-electron chi connectivity index (χ1n) is 8.19. The van der Waals surface area contributed by atoms with Crippen molar-refractivity contribution in [1.82, 2.24) is 9.80 Å². The van der Waals surface area contributed by atoms with Gasteiger partial charge in [-0.3, -0.25) is 9.69 Å². The molecule has 1 aliphatic heterocycles. The number of piperazine rings is 1. The van der Waals surface area contributed by atoms with E-state index in [9.17, 15) is 4.79 Å². The molecule has 2 aromatic rings. The minimum absolute atomic E-state index is 0.181. The number of halogens is 1. The Morgan fingerprint density at radius 2 is 1.71 bits per heavy atom. The highest BCUT2D eigenvalue weighted by Gasteiger charge is 2.21. The van der Waals surface area contributed by atoms with Crippen LogP contribution in [0.1, 0.15) is 11.1 Å². The van der Waals surface area contributed by atoms with Crippen LogP contribution in [0, 0.1) is 0 Å². The zero-order valence-electron chi connectivity index (χ0n) is 13.6. The van der Waals surface area contributed by atoms with E-state index in [1.54, 1.807) is 0 Å². The van der Waals surface area contributed by atoms with E-state index in [1.807, 2.05) is 47.4 Å². The van der Waals surface area contributed by atoms with E-state index in [1.165, 1.54) is 5.56 Å². The molecule has 1 heterocycles. The molecule has 0 aromatic heterocycles. The first-order valence-corrected chi connectivity index (χ1v) is 8.57. The second-order valence-electron chi connectivity index (χ2n) is 6.21. The Morgan fingerprint density at radius 3 is 2.38 bits per heavy atom. The fourth-order valence-electron chi connectivity index (χ4n) is 2.99. The molecule has 1 saturated heterocycles. The van der Waals surface area contributed by atoms with Crippen LogP contribution in [0.4, 0.5) is 5.69 Å². The Bertz CT molecular complexity index is 694. The molecule has 0 aliphatic carbocycles. The number of benzene rings is 2. The van der Waals surface area contributed by atoms with Crippen molar-refractivity contribution >= 4 is 23.2 Å². The highest BCUT2D eigenvalue weighted by atomic mass is 35.5. The van der Waals surface area contributed by atoms with Crippen molar-refractivity contribution in [2.24, 2.45) is 0 Å². The molecular formula is C19H22ClN3O.